The van der Waals surface area contributed by atoms with Crippen molar-refractivity contribution in [2.24, 2.45) is 0 Å². The Balaban J connectivity index is 2.77. The maximum Gasteiger partial charge on any atom is 0.408 e. The molecule has 0 bridgehead atoms. The van der Waals surface area contributed by atoms with Gasteiger partial charge in [0.1, 0.15) is 11.4 Å². The second kappa shape index (κ2) is 7.94. The number of halogens is 3. The summed E-state index contributed by atoms with van der Waals surface area (Å²) in [7, 11) is 0. The molecule has 1 aromatic carbocycles. The van der Waals surface area contributed by atoms with Crippen molar-refractivity contribution in [2.75, 3.05) is 0 Å². The van der Waals surface area contributed by atoms with E-state index < -0.39 is 11.7 Å². The molecule has 0 fully saturated rings. The fraction of sp³-hybridized carbons (Fsp3) is 0.400. The molecule has 21 heavy (non-hydrogen) atoms. The first kappa shape index (κ1) is 18.2. The largest absolute Gasteiger partial charge is 0.444 e. The highest BCUT2D eigenvalue weighted by molar-refractivity contribution is 9.28. The standard InChI is InChI=1S/C15H18Br2FNO2/c1-15(2,3)21-14(20)19-12(9-13(16)17)8-10-5-4-6-11(18)7-10/h4-7,9,12H,8H2,1-3H3,(H,19,20). The van der Waals surface area contributed by atoms with Gasteiger partial charge in [-0.1, -0.05) is 12.1 Å². The van der Waals surface area contributed by atoms with Crippen molar-refractivity contribution < 1.29 is 13.9 Å². The number of benzene rings is 1. The highest BCUT2D eigenvalue weighted by atomic mass is 79.9. The van der Waals surface area contributed by atoms with Crippen LogP contribution in [0.5, 0.6) is 0 Å². The molecule has 3 nitrogen and oxygen atoms in total. The molecule has 0 spiro atoms. The lowest BCUT2D eigenvalue weighted by atomic mass is 10.1. The van der Waals surface area contributed by atoms with E-state index in [2.05, 4.69) is 37.2 Å². The Morgan fingerprint density at radius 1 is 1.43 bits per heavy atom. The van der Waals surface area contributed by atoms with E-state index in [-0.39, 0.29) is 11.9 Å². The fourth-order valence-corrected chi connectivity index (χ4v) is 2.32. The third-order valence-electron chi connectivity index (χ3n) is 2.37. The van der Waals surface area contributed by atoms with E-state index in [1.165, 1.54) is 12.1 Å². The number of hydrogen-bond acceptors (Lipinski definition) is 2. The van der Waals surface area contributed by atoms with Crippen molar-refractivity contribution in [3.63, 3.8) is 0 Å². The summed E-state index contributed by atoms with van der Waals surface area (Å²) in [6, 6.07) is 5.95. The Bertz CT molecular complexity index is 523. The van der Waals surface area contributed by atoms with Gasteiger partial charge in [0.15, 0.2) is 0 Å². The Morgan fingerprint density at radius 3 is 2.62 bits per heavy atom. The van der Waals surface area contributed by atoms with Crippen LogP contribution in [-0.4, -0.2) is 17.7 Å². The Hall–Kier alpha value is -0.880. The predicted molar refractivity (Wildman–Crippen MR) is 89.2 cm³/mol. The lowest BCUT2D eigenvalue weighted by Crippen LogP contribution is -2.39. The minimum absolute atomic E-state index is 0.301. The van der Waals surface area contributed by atoms with Crippen LogP contribution in [0.3, 0.4) is 0 Å². The zero-order valence-corrected chi connectivity index (χ0v) is 15.3. The lowest BCUT2D eigenvalue weighted by Gasteiger charge is -2.22. The Kier molecular flexibility index (Phi) is 6.87. The van der Waals surface area contributed by atoms with E-state index in [0.717, 1.165) is 5.56 Å². The normalized spacial score (nSPS) is 12.5. The smallest absolute Gasteiger partial charge is 0.408 e. The van der Waals surface area contributed by atoms with Crippen LogP contribution in [-0.2, 0) is 11.2 Å². The van der Waals surface area contributed by atoms with Gasteiger partial charge in [-0.15, -0.1) is 0 Å². The van der Waals surface area contributed by atoms with Gasteiger partial charge in [0, 0.05) is 0 Å². The topological polar surface area (TPSA) is 38.3 Å². The second-order valence-corrected chi connectivity index (χ2v) is 8.32. The minimum atomic E-state index is -0.567. The summed E-state index contributed by atoms with van der Waals surface area (Å²) in [5, 5.41) is 2.75. The van der Waals surface area contributed by atoms with Crippen molar-refractivity contribution in [3.8, 4) is 0 Å². The molecule has 0 aliphatic rings. The molecule has 1 atom stereocenters. The van der Waals surface area contributed by atoms with E-state index in [9.17, 15) is 9.18 Å². The van der Waals surface area contributed by atoms with Crippen LogP contribution in [0.2, 0.25) is 0 Å². The van der Waals surface area contributed by atoms with Gasteiger partial charge in [-0.2, -0.15) is 0 Å². The summed E-state index contributed by atoms with van der Waals surface area (Å²) >= 11 is 6.53. The van der Waals surface area contributed by atoms with Crippen LogP contribution in [0.4, 0.5) is 9.18 Å². The van der Waals surface area contributed by atoms with E-state index >= 15 is 0 Å². The third-order valence-corrected chi connectivity index (χ3v) is 2.90. The van der Waals surface area contributed by atoms with E-state index in [1.807, 2.05) is 6.07 Å². The molecule has 0 aliphatic carbocycles. The number of nitrogens with one attached hydrogen (secondary N) is 1. The molecule has 1 aromatic rings. The molecular weight excluding hydrogens is 405 g/mol. The van der Waals surface area contributed by atoms with Gasteiger partial charge < -0.3 is 10.1 Å². The molecule has 0 saturated carbocycles. The molecule has 0 radical (unpaired) electrons. The molecule has 1 N–H and O–H groups in total. The molecule has 116 valence electrons. The zero-order chi connectivity index (χ0) is 16.0. The minimum Gasteiger partial charge on any atom is -0.444 e. The van der Waals surface area contributed by atoms with Gasteiger partial charge >= 0.3 is 6.09 Å². The maximum atomic E-state index is 13.2. The van der Waals surface area contributed by atoms with Crippen LogP contribution in [0.1, 0.15) is 26.3 Å². The highest BCUT2D eigenvalue weighted by Gasteiger charge is 2.19. The van der Waals surface area contributed by atoms with E-state index in [1.54, 1.807) is 32.9 Å². The monoisotopic (exact) mass is 421 g/mol. The van der Waals surface area contributed by atoms with Gasteiger partial charge in [0.05, 0.1) is 9.43 Å². The van der Waals surface area contributed by atoms with Gasteiger partial charge in [-0.05, 0) is 82.8 Å². The van der Waals surface area contributed by atoms with Crippen molar-refractivity contribution in [3.05, 3.63) is 45.1 Å². The van der Waals surface area contributed by atoms with Crippen LogP contribution in [0.15, 0.2) is 33.7 Å². The first-order chi connectivity index (χ1) is 9.65. The van der Waals surface area contributed by atoms with Gasteiger partial charge in [-0.25, -0.2) is 9.18 Å². The summed E-state index contributed by atoms with van der Waals surface area (Å²) in [6.07, 6.45) is 1.72. The van der Waals surface area contributed by atoms with Crippen LogP contribution in [0, 0.1) is 5.82 Å². The molecule has 0 heterocycles. The number of carbonyl (C=O) groups is 1. The lowest BCUT2D eigenvalue weighted by molar-refractivity contribution is 0.0514. The van der Waals surface area contributed by atoms with Crippen molar-refractivity contribution in [2.45, 2.75) is 38.8 Å². The molecule has 6 heteroatoms. The summed E-state index contributed by atoms with van der Waals surface area (Å²) in [5.74, 6) is -0.301. The molecule has 1 unspecified atom stereocenters. The fourth-order valence-electron chi connectivity index (χ4n) is 1.68. The number of rotatable bonds is 4. The zero-order valence-electron chi connectivity index (χ0n) is 12.1. The molecular formula is C15H18Br2FNO2. The first-order valence-corrected chi connectivity index (χ1v) is 8.01. The van der Waals surface area contributed by atoms with Crippen molar-refractivity contribution >= 4 is 38.0 Å². The SMILES string of the molecule is CC(C)(C)OC(=O)NC(C=C(Br)Br)Cc1cccc(F)c1. The average Bonchev–Trinajstić information content (AvgIpc) is 2.24. The number of ether oxygens (including phenoxy) is 1. The van der Waals surface area contributed by atoms with Crippen molar-refractivity contribution in [1.82, 2.24) is 5.32 Å². The van der Waals surface area contributed by atoms with Crippen LogP contribution >= 0.6 is 31.9 Å². The van der Waals surface area contributed by atoms with Gasteiger partial charge in [0.2, 0.25) is 0 Å². The Morgan fingerprint density at radius 2 is 2.10 bits per heavy atom. The van der Waals surface area contributed by atoms with Crippen LogP contribution < -0.4 is 5.32 Å². The summed E-state index contributed by atoms with van der Waals surface area (Å²) in [4.78, 5) is 11.8. The summed E-state index contributed by atoms with van der Waals surface area (Å²) in [5.41, 5.74) is 0.219. The maximum absolute atomic E-state index is 13.2. The molecule has 1 amide bonds. The average molecular weight is 423 g/mol. The second-order valence-electron chi connectivity index (χ2n) is 5.54. The quantitative estimate of drug-likeness (QED) is 0.749. The van der Waals surface area contributed by atoms with E-state index in [0.29, 0.717) is 9.81 Å². The number of amides is 1. The summed E-state index contributed by atoms with van der Waals surface area (Å²) < 4.78 is 19.1. The van der Waals surface area contributed by atoms with E-state index in [4.69, 9.17) is 4.74 Å². The molecule has 0 saturated heterocycles. The number of carbonyl (C=O) groups excluding carboxylic acids is 1. The highest BCUT2D eigenvalue weighted by Crippen LogP contribution is 2.17. The molecule has 0 aromatic heterocycles. The molecule has 0 aliphatic heterocycles. The summed E-state index contributed by atoms with van der Waals surface area (Å²) in [6.45, 7) is 5.39. The van der Waals surface area contributed by atoms with Crippen LogP contribution in [0.25, 0.3) is 0 Å². The van der Waals surface area contributed by atoms with Gasteiger partial charge in [-0.3, -0.25) is 0 Å². The predicted octanol–water partition coefficient (Wildman–Crippen LogP) is 4.89. The number of hydrogen-bond donors (Lipinski definition) is 1. The number of alkyl carbamates (subject to hydrolysis) is 1. The van der Waals surface area contributed by atoms with Gasteiger partial charge in [0.25, 0.3) is 0 Å². The Labute approximate surface area is 141 Å². The first-order valence-electron chi connectivity index (χ1n) is 6.42. The molecule has 1 rings (SSSR count). The third kappa shape index (κ3) is 8.21. The van der Waals surface area contributed by atoms with Crippen molar-refractivity contribution in [1.29, 1.82) is 0 Å².